The molecule has 0 spiro atoms. The van der Waals surface area contributed by atoms with E-state index < -0.39 is 0 Å². The molecule has 11 heavy (non-hydrogen) atoms. The molecule has 2 nitrogen and oxygen atoms in total. The summed E-state index contributed by atoms with van der Waals surface area (Å²) in [7, 11) is 0. The molecule has 0 saturated heterocycles. The molecule has 0 bridgehead atoms. The first-order valence-electron chi connectivity index (χ1n) is 4.28. The first-order chi connectivity index (χ1) is 5.24. The second-order valence-corrected chi connectivity index (χ2v) is 3.13. The minimum absolute atomic E-state index is 0.192. The van der Waals surface area contributed by atoms with Crippen molar-refractivity contribution < 1.29 is 9.59 Å². The van der Waals surface area contributed by atoms with E-state index in [-0.39, 0.29) is 5.92 Å². The highest BCUT2D eigenvalue weighted by Gasteiger charge is 2.22. The molecule has 0 unspecified atom stereocenters. The minimum Gasteiger partial charge on any atom is -0.300 e. The summed E-state index contributed by atoms with van der Waals surface area (Å²) in [5, 5.41) is 0. The van der Waals surface area contributed by atoms with Crippen molar-refractivity contribution in [3.05, 3.63) is 0 Å². The lowest BCUT2D eigenvalue weighted by molar-refractivity contribution is -0.126. The van der Waals surface area contributed by atoms with Crippen molar-refractivity contribution in [3.63, 3.8) is 0 Å². The lowest BCUT2D eigenvalue weighted by Gasteiger charge is -2.18. The third kappa shape index (κ3) is 2.14. The average molecular weight is 154 g/mol. The van der Waals surface area contributed by atoms with Gasteiger partial charge in [0.1, 0.15) is 11.6 Å². The van der Waals surface area contributed by atoms with E-state index in [1.807, 2.05) is 6.92 Å². The summed E-state index contributed by atoms with van der Waals surface area (Å²) < 4.78 is 0. The van der Waals surface area contributed by atoms with Crippen LogP contribution in [0.15, 0.2) is 0 Å². The number of hydrogen-bond acceptors (Lipinski definition) is 2. The van der Waals surface area contributed by atoms with Gasteiger partial charge in [-0.05, 0) is 12.8 Å². The van der Waals surface area contributed by atoms with Crippen LogP contribution in [0.5, 0.6) is 0 Å². The Labute approximate surface area is 67.0 Å². The third-order valence-electron chi connectivity index (χ3n) is 2.35. The van der Waals surface area contributed by atoms with Crippen LogP contribution in [0.2, 0.25) is 0 Å². The Morgan fingerprint density at radius 1 is 1.45 bits per heavy atom. The van der Waals surface area contributed by atoms with E-state index in [9.17, 15) is 9.59 Å². The van der Waals surface area contributed by atoms with Gasteiger partial charge in [0.25, 0.3) is 0 Å². The van der Waals surface area contributed by atoms with E-state index in [0.717, 1.165) is 12.8 Å². The Balaban J connectivity index is 2.39. The molecule has 0 aromatic heterocycles. The standard InChI is InChI=1S/C9H14O2/c1-2-9(11)7-3-5-8(10)6-4-7/h7H,2-6H2,1H3. The van der Waals surface area contributed by atoms with Crippen LogP contribution >= 0.6 is 0 Å². The van der Waals surface area contributed by atoms with Gasteiger partial charge in [0.05, 0.1) is 0 Å². The van der Waals surface area contributed by atoms with Crippen molar-refractivity contribution in [2.45, 2.75) is 39.0 Å². The first kappa shape index (κ1) is 8.44. The second kappa shape index (κ2) is 3.65. The van der Waals surface area contributed by atoms with Gasteiger partial charge in [-0.1, -0.05) is 6.92 Å². The number of carbonyl (C=O) groups is 2. The van der Waals surface area contributed by atoms with Crippen LogP contribution in [0.3, 0.4) is 0 Å². The number of rotatable bonds is 2. The molecular weight excluding hydrogens is 140 g/mol. The molecule has 0 N–H and O–H groups in total. The van der Waals surface area contributed by atoms with E-state index >= 15 is 0 Å². The molecule has 0 aliphatic heterocycles. The third-order valence-corrected chi connectivity index (χ3v) is 2.35. The topological polar surface area (TPSA) is 34.1 Å². The molecule has 0 radical (unpaired) electrons. The number of ketones is 2. The van der Waals surface area contributed by atoms with Crippen LogP contribution in [-0.2, 0) is 9.59 Å². The maximum Gasteiger partial charge on any atom is 0.135 e. The highest BCUT2D eigenvalue weighted by atomic mass is 16.1. The highest BCUT2D eigenvalue weighted by Crippen LogP contribution is 2.22. The van der Waals surface area contributed by atoms with Crippen molar-refractivity contribution >= 4 is 11.6 Å². The van der Waals surface area contributed by atoms with Gasteiger partial charge in [-0.25, -0.2) is 0 Å². The van der Waals surface area contributed by atoms with Gasteiger partial charge in [-0.3, -0.25) is 9.59 Å². The van der Waals surface area contributed by atoms with E-state index in [0.29, 0.717) is 30.8 Å². The number of hydrogen-bond donors (Lipinski definition) is 0. The lowest BCUT2D eigenvalue weighted by Crippen LogP contribution is -2.20. The molecule has 1 fully saturated rings. The normalized spacial score (nSPS) is 20.3. The molecule has 0 heterocycles. The Morgan fingerprint density at radius 3 is 2.45 bits per heavy atom. The van der Waals surface area contributed by atoms with E-state index in [4.69, 9.17) is 0 Å². The van der Waals surface area contributed by atoms with Crippen LogP contribution in [0.25, 0.3) is 0 Å². The van der Waals surface area contributed by atoms with E-state index in [1.54, 1.807) is 0 Å². The molecule has 0 aromatic rings. The average Bonchev–Trinajstić information content (AvgIpc) is 2.05. The quantitative estimate of drug-likeness (QED) is 0.607. The molecule has 0 amide bonds. The van der Waals surface area contributed by atoms with Gasteiger partial charge in [-0.2, -0.15) is 0 Å². The molecule has 1 aliphatic rings. The van der Waals surface area contributed by atoms with Crippen LogP contribution in [0.4, 0.5) is 0 Å². The summed E-state index contributed by atoms with van der Waals surface area (Å²) in [5.74, 6) is 0.848. The molecule has 1 aliphatic carbocycles. The van der Waals surface area contributed by atoms with E-state index in [1.165, 1.54) is 0 Å². The predicted octanol–water partition coefficient (Wildman–Crippen LogP) is 1.72. The Morgan fingerprint density at radius 2 is 2.00 bits per heavy atom. The van der Waals surface area contributed by atoms with Gasteiger partial charge in [0, 0.05) is 25.2 Å². The van der Waals surface area contributed by atoms with Gasteiger partial charge >= 0.3 is 0 Å². The molecular formula is C9H14O2. The maximum absolute atomic E-state index is 11.2. The summed E-state index contributed by atoms with van der Waals surface area (Å²) >= 11 is 0. The summed E-state index contributed by atoms with van der Waals surface area (Å²) in [4.78, 5) is 22.0. The zero-order valence-electron chi connectivity index (χ0n) is 6.93. The number of carbonyl (C=O) groups excluding carboxylic acids is 2. The zero-order chi connectivity index (χ0) is 8.27. The second-order valence-electron chi connectivity index (χ2n) is 3.13. The fraction of sp³-hybridized carbons (Fsp3) is 0.778. The largest absolute Gasteiger partial charge is 0.300 e. The maximum atomic E-state index is 11.2. The van der Waals surface area contributed by atoms with Crippen molar-refractivity contribution in [3.8, 4) is 0 Å². The Bertz CT molecular complexity index is 162. The molecule has 62 valence electrons. The molecule has 1 saturated carbocycles. The van der Waals surface area contributed by atoms with E-state index in [2.05, 4.69) is 0 Å². The molecule has 2 heteroatoms. The zero-order valence-corrected chi connectivity index (χ0v) is 6.93. The van der Waals surface area contributed by atoms with Crippen molar-refractivity contribution in [2.24, 2.45) is 5.92 Å². The van der Waals surface area contributed by atoms with Gasteiger partial charge in [0.15, 0.2) is 0 Å². The fourth-order valence-electron chi connectivity index (χ4n) is 1.55. The van der Waals surface area contributed by atoms with Crippen LogP contribution < -0.4 is 0 Å². The van der Waals surface area contributed by atoms with Crippen LogP contribution in [0, 0.1) is 5.92 Å². The Kier molecular flexibility index (Phi) is 2.80. The van der Waals surface area contributed by atoms with Crippen molar-refractivity contribution in [1.29, 1.82) is 0 Å². The van der Waals surface area contributed by atoms with Crippen molar-refractivity contribution in [1.82, 2.24) is 0 Å². The lowest BCUT2D eigenvalue weighted by atomic mass is 9.85. The molecule has 1 rings (SSSR count). The van der Waals surface area contributed by atoms with Gasteiger partial charge in [-0.15, -0.1) is 0 Å². The predicted molar refractivity (Wildman–Crippen MR) is 42.3 cm³/mol. The van der Waals surface area contributed by atoms with Gasteiger partial charge in [0.2, 0.25) is 0 Å². The Hall–Kier alpha value is -0.660. The van der Waals surface area contributed by atoms with Crippen molar-refractivity contribution in [2.75, 3.05) is 0 Å². The summed E-state index contributed by atoms with van der Waals surface area (Å²) in [5.41, 5.74) is 0. The molecule has 0 atom stereocenters. The smallest absolute Gasteiger partial charge is 0.135 e. The monoisotopic (exact) mass is 154 g/mol. The first-order valence-corrected chi connectivity index (χ1v) is 4.28. The van der Waals surface area contributed by atoms with Crippen LogP contribution in [-0.4, -0.2) is 11.6 Å². The summed E-state index contributed by atoms with van der Waals surface area (Å²) in [6.45, 7) is 1.89. The fourth-order valence-corrected chi connectivity index (χ4v) is 1.55. The summed E-state index contributed by atoms with van der Waals surface area (Å²) in [6, 6.07) is 0. The van der Waals surface area contributed by atoms with Crippen LogP contribution in [0.1, 0.15) is 39.0 Å². The SMILES string of the molecule is CCC(=O)C1CCC(=O)CC1. The number of Topliss-reactive ketones (excluding diaryl/α,β-unsaturated/α-hetero) is 2. The highest BCUT2D eigenvalue weighted by molar-refractivity contribution is 5.85. The summed E-state index contributed by atoms with van der Waals surface area (Å²) in [6.07, 6.45) is 3.46. The minimum atomic E-state index is 0.192. The van der Waals surface area contributed by atoms with Gasteiger partial charge < -0.3 is 0 Å². The molecule has 0 aromatic carbocycles.